The summed E-state index contributed by atoms with van der Waals surface area (Å²) in [6.45, 7) is 3.36. The first-order chi connectivity index (χ1) is 13.3. The minimum atomic E-state index is -0.839. The number of anilines is 1. The number of rotatable bonds is 4. The Kier molecular flexibility index (Phi) is 5.96. The summed E-state index contributed by atoms with van der Waals surface area (Å²) in [6, 6.07) is 12.1. The van der Waals surface area contributed by atoms with Crippen molar-refractivity contribution in [3.8, 4) is 0 Å². The molecular weight excluding hydrogens is 400 g/mol. The smallest absolute Gasteiger partial charge is 0.414 e. The van der Waals surface area contributed by atoms with E-state index in [9.17, 15) is 14.4 Å². The van der Waals surface area contributed by atoms with Crippen LogP contribution in [0.5, 0.6) is 0 Å². The van der Waals surface area contributed by atoms with Crippen molar-refractivity contribution >= 4 is 56.6 Å². The molecule has 1 heterocycles. The molecule has 2 aromatic carbocycles. The van der Waals surface area contributed by atoms with Gasteiger partial charge in [0.15, 0.2) is 0 Å². The molecular formula is C20H17ClN2O4S. The molecule has 28 heavy (non-hydrogen) atoms. The first-order valence-electron chi connectivity index (χ1n) is 8.44. The van der Waals surface area contributed by atoms with Crippen LogP contribution in [0.1, 0.15) is 34.6 Å². The lowest BCUT2D eigenvalue weighted by molar-refractivity contribution is 0.0877. The average Bonchev–Trinajstić information content (AvgIpc) is 3.08. The van der Waals surface area contributed by atoms with Crippen LogP contribution in [-0.2, 0) is 4.74 Å². The predicted octanol–water partition coefficient (Wildman–Crippen LogP) is 5.08. The van der Waals surface area contributed by atoms with Gasteiger partial charge in [-0.2, -0.15) is 0 Å². The largest absolute Gasteiger partial charge is 0.447 e. The van der Waals surface area contributed by atoms with Crippen molar-refractivity contribution in [2.75, 3.05) is 5.32 Å². The normalized spacial score (nSPS) is 10.7. The fourth-order valence-corrected chi connectivity index (χ4v) is 3.57. The van der Waals surface area contributed by atoms with Crippen molar-refractivity contribution in [3.05, 3.63) is 64.0 Å². The van der Waals surface area contributed by atoms with Gasteiger partial charge in [0.25, 0.3) is 11.8 Å². The van der Waals surface area contributed by atoms with E-state index in [4.69, 9.17) is 16.3 Å². The molecule has 0 bridgehead atoms. The van der Waals surface area contributed by atoms with Gasteiger partial charge in [-0.25, -0.2) is 4.79 Å². The molecule has 0 spiro atoms. The number of thiophene rings is 1. The molecule has 3 amide bonds. The van der Waals surface area contributed by atoms with Gasteiger partial charge in [0.1, 0.15) is 5.00 Å². The topological polar surface area (TPSA) is 84.5 Å². The SMILES string of the molecule is CC(C)OC(=O)NC(=O)c1ccsc1NC(=O)c1cccc2cc(Cl)ccc12. The molecule has 3 aromatic rings. The van der Waals surface area contributed by atoms with Crippen LogP contribution in [0.4, 0.5) is 9.80 Å². The lowest BCUT2D eigenvalue weighted by Gasteiger charge is -2.10. The number of imide groups is 1. The van der Waals surface area contributed by atoms with Crippen molar-refractivity contribution in [2.24, 2.45) is 0 Å². The second kappa shape index (κ2) is 8.41. The number of nitrogens with one attached hydrogen (secondary N) is 2. The molecule has 8 heteroatoms. The third-order valence-corrected chi connectivity index (χ3v) is 4.85. The first-order valence-corrected chi connectivity index (χ1v) is 9.70. The van der Waals surface area contributed by atoms with Gasteiger partial charge >= 0.3 is 6.09 Å². The zero-order chi connectivity index (χ0) is 20.3. The zero-order valence-corrected chi connectivity index (χ0v) is 16.7. The van der Waals surface area contributed by atoms with Crippen LogP contribution in [0.2, 0.25) is 5.02 Å². The maximum absolute atomic E-state index is 12.8. The number of alkyl carbamates (subject to hydrolysis) is 1. The van der Waals surface area contributed by atoms with E-state index in [0.717, 1.165) is 10.8 Å². The number of halogens is 1. The van der Waals surface area contributed by atoms with Gasteiger partial charge < -0.3 is 10.1 Å². The van der Waals surface area contributed by atoms with Crippen molar-refractivity contribution in [1.82, 2.24) is 5.32 Å². The molecule has 2 N–H and O–H groups in total. The van der Waals surface area contributed by atoms with Gasteiger partial charge in [0, 0.05) is 10.6 Å². The summed E-state index contributed by atoms with van der Waals surface area (Å²) in [7, 11) is 0. The van der Waals surface area contributed by atoms with Gasteiger partial charge in [-0.05, 0) is 54.3 Å². The predicted molar refractivity (Wildman–Crippen MR) is 110 cm³/mol. The molecule has 144 valence electrons. The maximum atomic E-state index is 12.8. The van der Waals surface area contributed by atoms with Crippen LogP contribution < -0.4 is 10.6 Å². The van der Waals surface area contributed by atoms with Crippen LogP contribution in [0, 0.1) is 0 Å². The highest BCUT2D eigenvalue weighted by Crippen LogP contribution is 2.27. The Morgan fingerprint density at radius 2 is 1.82 bits per heavy atom. The summed E-state index contributed by atoms with van der Waals surface area (Å²) in [5, 5.41) is 9.03. The third-order valence-electron chi connectivity index (χ3n) is 3.78. The number of fused-ring (bicyclic) bond motifs is 1. The second-order valence-corrected chi connectivity index (χ2v) is 7.55. The van der Waals surface area contributed by atoms with E-state index in [1.54, 1.807) is 49.6 Å². The summed E-state index contributed by atoms with van der Waals surface area (Å²) < 4.78 is 4.90. The number of carbonyl (C=O) groups excluding carboxylic acids is 3. The molecule has 0 atom stereocenters. The Bertz CT molecular complexity index is 1060. The van der Waals surface area contributed by atoms with Crippen LogP contribution in [0.15, 0.2) is 47.8 Å². The quantitative estimate of drug-likeness (QED) is 0.621. The Labute approximate surface area is 170 Å². The van der Waals surface area contributed by atoms with Crippen LogP contribution in [0.25, 0.3) is 10.8 Å². The number of amides is 3. The fourth-order valence-electron chi connectivity index (χ4n) is 2.61. The Morgan fingerprint density at radius 3 is 2.57 bits per heavy atom. The Balaban J connectivity index is 1.80. The highest BCUT2D eigenvalue weighted by atomic mass is 35.5. The van der Waals surface area contributed by atoms with E-state index < -0.39 is 12.0 Å². The standard InChI is InChI=1S/C20H17ClN2O4S/c1-11(2)27-20(26)23-18(25)16-8-9-28-19(16)22-17(24)15-5-3-4-12-10-13(21)6-7-14(12)15/h3-11H,1-2H3,(H,22,24)(H,23,25,26). The van der Waals surface area contributed by atoms with E-state index in [-0.39, 0.29) is 17.6 Å². The Morgan fingerprint density at radius 1 is 1.04 bits per heavy atom. The molecule has 0 aliphatic carbocycles. The van der Waals surface area contributed by atoms with Crippen molar-refractivity contribution < 1.29 is 19.1 Å². The highest BCUT2D eigenvalue weighted by Gasteiger charge is 2.19. The van der Waals surface area contributed by atoms with Crippen molar-refractivity contribution in [1.29, 1.82) is 0 Å². The molecule has 0 aliphatic heterocycles. The number of benzene rings is 2. The van der Waals surface area contributed by atoms with E-state index in [2.05, 4.69) is 10.6 Å². The van der Waals surface area contributed by atoms with Crippen LogP contribution in [0.3, 0.4) is 0 Å². The molecule has 0 radical (unpaired) electrons. The fraction of sp³-hybridized carbons (Fsp3) is 0.150. The molecule has 3 rings (SSSR count). The van der Waals surface area contributed by atoms with Crippen LogP contribution >= 0.6 is 22.9 Å². The lowest BCUT2D eigenvalue weighted by atomic mass is 10.0. The molecule has 0 unspecified atom stereocenters. The van der Waals surface area contributed by atoms with Gasteiger partial charge in [-0.3, -0.25) is 14.9 Å². The van der Waals surface area contributed by atoms with Crippen LogP contribution in [-0.4, -0.2) is 24.0 Å². The number of hydrogen-bond donors (Lipinski definition) is 2. The molecule has 0 saturated heterocycles. The maximum Gasteiger partial charge on any atom is 0.414 e. The number of ether oxygens (including phenoxy) is 1. The average molecular weight is 417 g/mol. The number of hydrogen-bond acceptors (Lipinski definition) is 5. The Hall–Kier alpha value is -2.90. The third kappa shape index (κ3) is 4.49. The first kappa shape index (κ1) is 19.9. The van der Waals surface area contributed by atoms with E-state index in [0.29, 0.717) is 15.6 Å². The van der Waals surface area contributed by atoms with E-state index in [1.807, 2.05) is 6.07 Å². The molecule has 6 nitrogen and oxygen atoms in total. The van der Waals surface area contributed by atoms with Gasteiger partial charge in [-0.15, -0.1) is 11.3 Å². The van der Waals surface area contributed by atoms with Gasteiger partial charge in [-0.1, -0.05) is 29.8 Å². The summed E-state index contributed by atoms with van der Waals surface area (Å²) in [6.07, 6.45) is -1.19. The molecule has 0 aliphatic rings. The molecule has 0 fully saturated rings. The summed E-state index contributed by atoms with van der Waals surface area (Å²) in [5.41, 5.74) is 0.635. The zero-order valence-electron chi connectivity index (χ0n) is 15.1. The van der Waals surface area contributed by atoms with Gasteiger partial charge in [0.2, 0.25) is 0 Å². The monoisotopic (exact) mass is 416 g/mol. The summed E-state index contributed by atoms with van der Waals surface area (Å²) in [5.74, 6) is -1.01. The minimum Gasteiger partial charge on any atom is -0.447 e. The number of carbonyl (C=O) groups is 3. The second-order valence-electron chi connectivity index (χ2n) is 6.20. The van der Waals surface area contributed by atoms with E-state index in [1.165, 1.54) is 17.4 Å². The summed E-state index contributed by atoms with van der Waals surface area (Å²) in [4.78, 5) is 36.7. The lowest BCUT2D eigenvalue weighted by Crippen LogP contribution is -2.32. The van der Waals surface area contributed by atoms with Crippen molar-refractivity contribution in [3.63, 3.8) is 0 Å². The molecule has 0 saturated carbocycles. The minimum absolute atomic E-state index is 0.183. The highest BCUT2D eigenvalue weighted by molar-refractivity contribution is 7.14. The van der Waals surface area contributed by atoms with E-state index >= 15 is 0 Å². The summed E-state index contributed by atoms with van der Waals surface area (Å²) >= 11 is 7.20. The molecule has 1 aromatic heterocycles. The van der Waals surface area contributed by atoms with Gasteiger partial charge in [0.05, 0.1) is 11.7 Å². The van der Waals surface area contributed by atoms with Crippen molar-refractivity contribution in [2.45, 2.75) is 20.0 Å².